The highest BCUT2D eigenvalue weighted by Gasteiger charge is 2.35. The Morgan fingerprint density at radius 2 is 1.60 bits per heavy atom. The van der Waals surface area contributed by atoms with Crippen molar-refractivity contribution in [2.75, 3.05) is 20.7 Å². The highest BCUT2D eigenvalue weighted by atomic mass is 127. The van der Waals surface area contributed by atoms with E-state index >= 15 is 0 Å². The summed E-state index contributed by atoms with van der Waals surface area (Å²) in [5, 5.41) is 0.177. The average Bonchev–Trinajstić information content (AvgIpc) is 2.74. The SMILES string of the molecule is CCOc1cc(C=C2C(=O)N(C)C(=S)N(C)C2=O)ccc1OCc1ccc(I)cc1. The van der Waals surface area contributed by atoms with Gasteiger partial charge in [-0.15, -0.1) is 0 Å². The van der Waals surface area contributed by atoms with Crippen LogP contribution in [0.2, 0.25) is 0 Å². The van der Waals surface area contributed by atoms with Crippen molar-refractivity contribution in [3.05, 3.63) is 62.7 Å². The van der Waals surface area contributed by atoms with Crippen molar-refractivity contribution in [3.63, 3.8) is 0 Å². The molecule has 0 atom stereocenters. The summed E-state index contributed by atoms with van der Waals surface area (Å²) in [4.78, 5) is 27.6. The number of halogens is 1. The van der Waals surface area contributed by atoms with Crippen molar-refractivity contribution in [2.45, 2.75) is 13.5 Å². The highest BCUT2D eigenvalue weighted by molar-refractivity contribution is 14.1. The summed E-state index contributed by atoms with van der Waals surface area (Å²) < 4.78 is 12.8. The maximum Gasteiger partial charge on any atom is 0.265 e. The Morgan fingerprint density at radius 3 is 2.20 bits per heavy atom. The third-order valence-electron chi connectivity index (χ3n) is 4.53. The monoisotopic (exact) mass is 536 g/mol. The van der Waals surface area contributed by atoms with Gasteiger partial charge in [0, 0.05) is 17.7 Å². The van der Waals surface area contributed by atoms with Crippen LogP contribution in [0.5, 0.6) is 11.5 Å². The molecule has 1 aliphatic rings. The molecule has 0 bridgehead atoms. The maximum atomic E-state index is 12.5. The molecule has 0 unspecified atom stereocenters. The predicted molar refractivity (Wildman–Crippen MR) is 127 cm³/mol. The molecule has 2 aromatic rings. The van der Waals surface area contributed by atoms with Crippen molar-refractivity contribution in [3.8, 4) is 11.5 Å². The Labute approximate surface area is 194 Å². The minimum Gasteiger partial charge on any atom is -0.490 e. The summed E-state index contributed by atoms with van der Waals surface area (Å²) >= 11 is 7.38. The molecule has 156 valence electrons. The Balaban J connectivity index is 1.86. The Kier molecular flexibility index (Phi) is 7.09. The largest absolute Gasteiger partial charge is 0.490 e. The van der Waals surface area contributed by atoms with Crippen LogP contribution in [0.4, 0.5) is 0 Å². The molecule has 3 rings (SSSR count). The molecule has 0 spiro atoms. The van der Waals surface area contributed by atoms with Gasteiger partial charge in [-0.3, -0.25) is 19.4 Å². The number of carbonyl (C=O) groups excluding carboxylic acids is 2. The number of rotatable bonds is 6. The van der Waals surface area contributed by atoms with Crippen LogP contribution in [0.25, 0.3) is 6.08 Å². The lowest BCUT2D eigenvalue weighted by molar-refractivity contribution is -0.132. The van der Waals surface area contributed by atoms with Gasteiger partial charge < -0.3 is 9.47 Å². The van der Waals surface area contributed by atoms with Crippen molar-refractivity contribution in [1.82, 2.24) is 9.80 Å². The zero-order chi connectivity index (χ0) is 21.8. The zero-order valence-corrected chi connectivity index (χ0v) is 19.8. The van der Waals surface area contributed by atoms with Gasteiger partial charge in [0.2, 0.25) is 0 Å². The smallest absolute Gasteiger partial charge is 0.265 e. The van der Waals surface area contributed by atoms with Crippen LogP contribution < -0.4 is 9.47 Å². The number of carbonyl (C=O) groups is 2. The van der Waals surface area contributed by atoms with E-state index in [2.05, 4.69) is 22.6 Å². The molecule has 8 heteroatoms. The van der Waals surface area contributed by atoms with E-state index in [4.69, 9.17) is 21.7 Å². The first-order valence-corrected chi connectivity index (χ1v) is 10.8. The summed E-state index contributed by atoms with van der Waals surface area (Å²) in [5.74, 6) is 0.278. The fourth-order valence-corrected chi connectivity index (χ4v) is 3.41. The molecular formula is C22H21IN2O4S. The Morgan fingerprint density at radius 1 is 0.967 bits per heavy atom. The molecule has 0 radical (unpaired) electrons. The first-order valence-electron chi connectivity index (χ1n) is 9.27. The van der Waals surface area contributed by atoms with E-state index in [9.17, 15) is 9.59 Å². The normalized spacial score (nSPS) is 14.3. The molecule has 2 aromatic carbocycles. The van der Waals surface area contributed by atoms with Gasteiger partial charge >= 0.3 is 0 Å². The third-order valence-corrected chi connectivity index (χ3v) is 5.80. The van der Waals surface area contributed by atoms with E-state index in [0.29, 0.717) is 30.3 Å². The highest BCUT2D eigenvalue weighted by Crippen LogP contribution is 2.31. The second-order valence-electron chi connectivity index (χ2n) is 6.62. The van der Waals surface area contributed by atoms with Gasteiger partial charge in [-0.1, -0.05) is 18.2 Å². The zero-order valence-electron chi connectivity index (χ0n) is 16.8. The number of benzene rings is 2. The second-order valence-corrected chi connectivity index (χ2v) is 8.23. The van der Waals surface area contributed by atoms with Crippen LogP contribution in [0.15, 0.2) is 48.0 Å². The van der Waals surface area contributed by atoms with Crippen molar-refractivity contribution in [2.24, 2.45) is 0 Å². The molecular weight excluding hydrogens is 515 g/mol. The molecule has 1 saturated heterocycles. The van der Waals surface area contributed by atoms with E-state index in [1.807, 2.05) is 31.2 Å². The van der Waals surface area contributed by atoms with Gasteiger partial charge in [0.25, 0.3) is 11.8 Å². The Bertz CT molecular complexity index is 994. The predicted octanol–water partition coefficient (Wildman–Crippen LogP) is 3.87. The summed E-state index contributed by atoms with van der Waals surface area (Å²) in [6, 6.07) is 13.4. The molecule has 0 aromatic heterocycles. The minimum atomic E-state index is -0.430. The molecule has 0 saturated carbocycles. The molecule has 1 heterocycles. The van der Waals surface area contributed by atoms with E-state index in [0.717, 1.165) is 9.13 Å². The first-order chi connectivity index (χ1) is 14.3. The van der Waals surface area contributed by atoms with Crippen LogP contribution in [0.1, 0.15) is 18.1 Å². The van der Waals surface area contributed by atoms with Crippen LogP contribution >= 0.6 is 34.8 Å². The lowest BCUT2D eigenvalue weighted by Crippen LogP contribution is -2.52. The van der Waals surface area contributed by atoms with E-state index in [1.54, 1.807) is 38.4 Å². The second kappa shape index (κ2) is 9.57. The van der Waals surface area contributed by atoms with Gasteiger partial charge in [-0.05, 0) is 83.2 Å². The maximum absolute atomic E-state index is 12.5. The van der Waals surface area contributed by atoms with Crippen molar-refractivity contribution >= 4 is 57.8 Å². The number of hydrogen-bond acceptors (Lipinski definition) is 5. The summed E-state index contributed by atoms with van der Waals surface area (Å²) in [7, 11) is 3.10. The number of hydrogen-bond donors (Lipinski definition) is 0. The Hall–Kier alpha value is -2.46. The molecule has 1 fully saturated rings. The van der Waals surface area contributed by atoms with Gasteiger partial charge in [-0.25, -0.2) is 0 Å². The molecule has 6 nitrogen and oxygen atoms in total. The standard InChI is InChI=1S/C22H21IN2O4S/c1-4-28-19-12-15(11-17-20(26)24(2)22(30)25(3)21(17)27)7-10-18(19)29-13-14-5-8-16(23)9-6-14/h5-12H,4,13H2,1-3H3. The number of amides is 2. The van der Waals surface area contributed by atoms with Gasteiger partial charge in [0.1, 0.15) is 12.2 Å². The quantitative estimate of drug-likeness (QED) is 0.243. The minimum absolute atomic E-state index is 0.0450. The lowest BCUT2D eigenvalue weighted by Gasteiger charge is -2.31. The molecule has 0 aliphatic carbocycles. The van der Waals surface area contributed by atoms with E-state index in [1.165, 1.54) is 9.80 Å². The van der Waals surface area contributed by atoms with Crippen LogP contribution in [-0.4, -0.2) is 47.4 Å². The number of nitrogens with zero attached hydrogens (tertiary/aromatic N) is 2. The van der Waals surface area contributed by atoms with Crippen LogP contribution in [0.3, 0.4) is 0 Å². The third kappa shape index (κ3) is 4.81. The van der Waals surface area contributed by atoms with Crippen molar-refractivity contribution in [1.29, 1.82) is 0 Å². The average molecular weight is 536 g/mol. The van der Waals surface area contributed by atoms with E-state index < -0.39 is 11.8 Å². The number of likely N-dealkylation sites (N-methyl/N-ethyl adjacent to an activating group) is 2. The molecule has 30 heavy (non-hydrogen) atoms. The summed E-state index contributed by atoms with van der Waals surface area (Å²) in [6.45, 7) is 2.74. The fourth-order valence-electron chi connectivity index (χ4n) is 2.89. The van der Waals surface area contributed by atoms with Crippen molar-refractivity contribution < 1.29 is 19.1 Å². The van der Waals surface area contributed by atoms with Crippen LogP contribution in [0, 0.1) is 3.57 Å². The molecule has 1 aliphatic heterocycles. The van der Waals surface area contributed by atoms with Gasteiger partial charge in [0.15, 0.2) is 16.6 Å². The lowest BCUT2D eigenvalue weighted by atomic mass is 10.1. The summed E-state index contributed by atoms with van der Waals surface area (Å²) in [6.07, 6.45) is 1.55. The first kappa shape index (κ1) is 22.2. The summed E-state index contributed by atoms with van der Waals surface area (Å²) in [5.41, 5.74) is 1.75. The van der Waals surface area contributed by atoms with Crippen LogP contribution in [-0.2, 0) is 16.2 Å². The van der Waals surface area contributed by atoms with Gasteiger partial charge in [0.05, 0.1) is 6.61 Å². The molecule has 0 N–H and O–H groups in total. The molecule has 2 amide bonds. The number of thiocarbonyl (C=S) groups is 1. The number of ether oxygens (including phenoxy) is 2. The van der Waals surface area contributed by atoms with E-state index in [-0.39, 0.29) is 10.7 Å². The van der Waals surface area contributed by atoms with Gasteiger partial charge in [-0.2, -0.15) is 0 Å². The topological polar surface area (TPSA) is 59.1 Å². The fraction of sp³-hybridized carbons (Fsp3) is 0.227.